The van der Waals surface area contributed by atoms with E-state index >= 15 is 0 Å². The molecule has 3 atom stereocenters. The molecule has 3 heteroatoms. The van der Waals surface area contributed by atoms with E-state index in [1.165, 1.54) is 44.9 Å². The van der Waals surface area contributed by atoms with Crippen molar-refractivity contribution in [3.63, 3.8) is 0 Å². The molecule has 1 heterocycles. The van der Waals surface area contributed by atoms with Crippen molar-refractivity contribution in [2.24, 2.45) is 11.8 Å². The maximum Gasteiger partial charge on any atom is 0.237 e. The summed E-state index contributed by atoms with van der Waals surface area (Å²) in [6.07, 6.45) is 10.3. The lowest BCUT2D eigenvalue weighted by molar-refractivity contribution is -0.122. The Morgan fingerprint density at radius 3 is 2.76 bits per heavy atom. The number of hydrogen-bond acceptors (Lipinski definition) is 2. The van der Waals surface area contributed by atoms with Crippen LogP contribution in [0.4, 0.5) is 0 Å². The van der Waals surface area contributed by atoms with E-state index in [-0.39, 0.29) is 11.9 Å². The average molecular weight is 236 g/mol. The van der Waals surface area contributed by atoms with E-state index in [1.54, 1.807) is 0 Å². The van der Waals surface area contributed by atoms with Gasteiger partial charge in [-0.1, -0.05) is 25.7 Å². The van der Waals surface area contributed by atoms with Crippen molar-refractivity contribution in [3.8, 4) is 0 Å². The van der Waals surface area contributed by atoms with E-state index in [0.29, 0.717) is 6.04 Å². The Balaban J connectivity index is 1.42. The second-order valence-corrected chi connectivity index (χ2v) is 6.13. The molecule has 3 nitrogen and oxygen atoms in total. The van der Waals surface area contributed by atoms with Gasteiger partial charge < -0.3 is 10.6 Å². The molecule has 3 unspecified atom stereocenters. The van der Waals surface area contributed by atoms with Gasteiger partial charge in [-0.2, -0.15) is 0 Å². The van der Waals surface area contributed by atoms with Crippen LogP contribution >= 0.6 is 0 Å². The van der Waals surface area contributed by atoms with Crippen LogP contribution in [0.3, 0.4) is 0 Å². The molecule has 3 aliphatic rings. The van der Waals surface area contributed by atoms with Crippen molar-refractivity contribution < 1.29 is 4.79 Å². The van der Waals surface area contributed by atoms with Gasteiger partial charge in [0.15, 0.2) is 0 Å². The molecule has 3 rings (SSSR count). The van der Waals surface area contributed by atoms with Crippen molar-refractivity contribution in [1.29, 1.82) is 0 Å². The van der Waals surface area contributed by atoms with Crippen molar-refractivity contribution in [3.05, 3.63) is 0 Å². The fraction of sp³-hybridized carbons (Fsp3) is 0.929. The molecule has 17 heavy (non-hydrogen) atoms. The molecule has 96 valence electrons. The van der Waals surface area contributed by atoms with Crippen LogP contribution in [-0.4, -0.2) is 24.5 Å². The van der Waals surface area contributed by atoms with E-state index in [4.69, 9.17) is 0 Å². The van der Waals surface area contributed by atoms with Crippen molar-refractivity contribution in [2.45, 2.75) is 63.5 Å². The van der Waals surface area contributed by atoms with Gasteiger partial charge in [-0.25, -0.2) is 0 Å². The fourth-order valence-corrected chi connectivity index (χ4v) is 3.45. The Kier molecular flexibility index (Phi) is 3.37. The molecule has 1 aliphatic heterocycles. The van der Waals surface area contributed by atoms with E-state index in [9.17, 15) is 4.79 Å². The van der Waals surface area contributed by atoms with Crippen LogP contribution in [0, 0.1) is 11.8 Å². The number of carbonyl (C=O) groups is 1. The molecule has 1 saturated heterocycles. The number of nitrogens with one attached hydrogen (secondary N) is 2. The number of carbonyl (C=O) groups excluding carboxylic acids is 1. The van der Waals surface area contributed by atoms with Crippen LogP contribution in [0.2, 0.25) is 0 Å². The highest BCUT2D eigenvalue weighted by Crippen LogP contribution is 2.33. The summed E-state index contributed by atoms with van der Waals surface area (Å²) in [5.74, 6) is 1.93. The minimum absolute atomic E-state index is 0.0994. The second kappa shape index (κ2) is 4.97. The minimum Gasteiger partial charge on any atom is -0.355 e. The van der Waals surface area contributed by atoms with Crippen LogP contribution in [-0.2, 0) is 4.79 Å². The first-order valence-corrected chi connectivity index (χ1v) is 7.36. The van der Waals surface area contributed by atoms with Crippen molar-refractivity contribution in [1.82, 2.24) is 10.6 Å². The summed E-state index contributed by atoms with van der Waals surface area (Å²) >= 11 is 0. The smallest absolute Gasteiger partial charge is 0.237 e. The number of fused-ring (bicyclic) bond motifs is 1. The van der Waals surface area contributed by atoms with Gasteiger partial charge in [0.05, 0.1) is 6.04 Å². The van der Waals surface area contributed by atoms with Gasteiger partial charge in [-0.05, 0) is 37.5 Å². The van der Waals surface area contributed by atoms with Crippen molar-refractivity contribution in [2.75, 3.05) is 6.54 Å². The monoisotopic (exact) mass is 236 g/mol. The SMILES string of the molecule is O=C(NCCC1CC1)C1CC2CCCCC2N1. The molecule has 0 aromatic heterocycles. The lowest BCUT2D eigenvalue weighted by Gasteiger charge is -2.24. The average Bonchev–Trinajstić information content (AvgIpc) is 3.06. The van der Waals surface area contributed by atoms with Gasteiger partial charge in [0.1, 0.15) is 0 Å². The topological polar surface area (TPSA) is 41.1 Å². The third-order valence-corrected chi connectivity index (χ3v) is 4.73. The Morgan fingerprint density at radius 1 is 1.18 bits per heavy atom. The summed E-state index contributed by atoms with van der Waals surface area (Å²) in [6, 6.07) is 0.727. The highest BCUT2D eigenvalue weighted by molar-refractivity contribution is 5.82. The van der Waals surface area contributed by atoms with Gasteiger partial charge in [0.25, 0.3) is 0 Å². The number of hydrogen-bond donors (Lipinski definition) is 2. The maximum absolute atomic E-state index is 12.0. The predicted molar refractivity (Wildman–Crippen MR) is 67.6 cm³/mol. The first-order valence-electron chi connectivity index (χ1n) is 7.36. The molecule has 0 aromatic carbocycles. The molecular weight excluding hydrogens is 212 g/mol. The quantitative estimate of drug-likeness (QED) is 0.782. The van der Waals surface area contributed by atoms with Crippen LogP contribution in [0.5, 0.6) is 0 Å². The number of amides is 1. The molecular formula is C14H24N2O. The molecule has 0 bridgehead atoms. The van der Waals surface area contributed by atoms with E-state index in [1.807, 2.05) is 0 Å². The maximum atomic E-state index is 12.0. The first kappa shape index (κ1) is 11.5. The fourth-order valence-electron chi connectivity index (χ4n) is 3.45. The molecule has 3 fully saturated rings. The van der Waals surface area contributed by atoms with Gasteiger partial charge in [-0.3, -0.25) is 4.79 Å². The Labute approximate surface area is 104 Å². The van der Waals surface area contributed by atoms with E-state index < -0.39 is 0 Å². The van der Waals surface area contributed by atoms with Gasteiger partial charge in [-0.15, -0.1) is 0 Å². The zero-order valence-corrected chi connectivity index (χ0v) is 10.6. The van der Waals surface area contributed by atoms with Gasteiger partial charge in [0.2, 0.25) is 5.91 Å². The summed E-state index contributed by atoms with van der Waals surface area (Å²) < 4.78 is 0. The van der Waals surface area contributed by atoms with E-state index in [0.717, 1.165) is 24.8 Å². The minimum atomic E-state index is 0.0994. The molecule has 0 spiro atoms. The predicted octanol–water partition coefficient (Wildman–Crippen LogP) is 1.82. The largest absolute Gasteiger partial charge is 0.355 e. The summed E-state index contributed by atoms with van der Waals surface area (Å²) in [7, 11) is 0. The lowest BCUT2D eigenvalue weighted by Crippen LogP contribution is -2.43. The zero-order valence-electron chi connectivity index (χ0n) is 10.6. The highest BCUT2D eigenvalue weighted by Gasteiger charge is 2.38. The van der Waals surface area contributed by atoms with Gasteiger partial charge >= 0.3 is 0 Å². The molecule has 0 aromatic rings. The van der Waals surface area contributed by atoms with Crippen molar-refractivity contribution >= 4 is 5.91 Å². The standard InChI is InChI=1S/C14H24N2O/c17-14(15-8-7-10-5-6-10)13-9-11-3-1-2-4-12(11)16-13/h10-13,16H,1-9H2,(H,15,17). The number of rotatable bonds is 4. The zero-order chi connectivity index (χ0) is 11.7. The normalized spacial score (nSPS) is 36.6. The molecule has 2 saturated carbocycles. The Morgan fingerprint density at radius 2 is 2.00 bits per heavy atom. The third kappa shape index (κ3) is 2.82. The van der Waals surface area contributed by atoms with Crippen LogP contribution in [0.25, 0.3) is 0 Å². The molecule has 1 amide bonds. The van der Waals surface area contributed by atoms with Crippen LogP contribution < -0.4 is 10.6 Å². The summed E-state index contributed by atoms with van der Waals surface area (Å²) in [4.78, 5) is 12.0. The molecule has 2 aliphatic carbocycles. The Bertz CT molecular complexity index is 274. The van der Waals surface area contributed by atoms with Gasteiger partial charge in [0, 0.05) is 12.6 Å². The van der Waals surface area contributed by atoms with Crippen LogP contribution in [0.1, 0.15) is 51.4 Å². The second-order valence-electron chi connectivity index (χ2n) is 6.13. The summed E-state index contributed by atoms with van der Waals surface area (Å²) in [5, 5.41) is 6.64. The van der Waals surface area contributed by atoms with Crippen LogP contribution in [0.15, 0.2) is 0 Å². The Hall–Kier alpha value is -0.570. The molecule has 2 N–H and O–H groups in total. The highest BCUT2D eigenvalue weighted by atomic mass is 16.2. The lowest BCUT2D eigenvalue weighted by atomic mass is 9.85. The molecule has 0 radical (unpaired) electrons. The summed E-state index contributed by atoms with van der Waals surface area (Å²) in [5.41, 5.74) is 0. The first-order chi connectivity index (χ1) is 8.33. The third-order valence-electron chi connectivity index (χ3n) is 4.73. The van der Waals surface area contributed by atoms with E-state index in [2.05, 4.69) is 10.6 Å². The summed E-state index contributed by atoms with van der Waals surface area (Å²) in [6.45, 7) is 0.886.